The third-order valence-electron chi connectivity index (χ3n) is 7.33. The normalized spacial score (nSPS) is 19.8. The Labute approximate surface area is 257 Å². The molecule has 2 N–H and O–H groups in total. The van der Waals surface area contributed by atoms with E-state index in [0.717, 1.165) is 12.1 Å². The summed E-state index contributed by atoms with van der Waals surface area (Å²) in [4.78, 5) is 44.7. The van der Waals surface area contributed by atoms with Crippen LogP contribution < -0.4 is 10.6 Å². The molecule has 2 aromatic rings. The molecule has 1 fully saturated rings. The van der Waals surface area contributed by atoms with Gasteiger partial charge in [-0.3, -0.25) is 9.80 Å². The number of nitrogens with zero attached hydrogens (tertiary/aromatic N) is 3. The number of likely N-dealkylation sites (N-methyl/N-ethyl adjacent to an activating group) is 1. The Morgan fingerprint density at radius 3 is 2.37 bits per heavy atom. The van der Waals surface area contributed by atoms with Gasteiger partial charge in [-0.25, -0.2) is 14.4 Å². The Morgan fingerprint density at radius 1 is 1.09 bits per heavy atom. The number of benzene rings is 2. The fourth-order valence-corrected chi connectivity index (χ4v) is 5.77. The van der Waals surface area contributed by atoms with Gasteiger partial charge in [0.05, 0.1) is 23.8 Å². The highest BCUT2D eigenvalue weighted by atomic mass is 35.5. The largest absolute Gasteiger partial charge is 0.463 e. The second-order valence-electron chi connectivity index (χ2n) is 10.2. The van der Waals surface area contributed by atoms with E-state index in [9.17, 15) is 27.6 Å². The number of halogens is 5. The van der Waals surface area contributed by atoms with Crippen LogP contribution in [0.5, 0.6) is 0 Å². The number of hydrogen-bond acceptors (Lipinski definition) is 5. The summed E-state index contributed by atoms with van der Waals surface area (Å²) in [6.45, 7) is 7.09. The third-order valence-corrected chi connectivity index (χ3v) is 7.90. The van der Waals surface area contributed by atoms with Crippen LogP contribution in [0.4, 0.5) is 28.4 Å². The van der Waals surface area contributed by atoms with Crippen molar-refractivity contribution in [2.75, 3.05) is 44.6 Å². The smallest absolute Gasteiger partial charge is 0.416 e. The average molecular weight is 643 g/mol. The van der Waals surface area contributed by atoms with E-state index in [4.69, 9.17) is 27.9 Å². The van der Waals surface area contributed by atoms with Crippen molar-refractivity contribution < 1.29 is 32.3 Å². The van der Waals surface area contributed by atoms with Gasteiger partial charge in [0.2, 0.25) is 0 Å². The number of esters is 1. The zero-order valence-corrected chi connectivity index (χ0v) is 25.3. The van der Waals surface area contributed by atoms with E-state index in [0.29, 0.717) is 35.9 Å². The van der Waals surface area contributed by atoms with Crippen molar-refractivity contribution in [1.29, 1.82) is 0 Å². The first-order valence-corrected chi connectivity index (χ1v) is 14.5. The van der Waals surface area contributed by atoms with E-state index in [1.54, 1.807) is 30.9 Å². The van der Waals surface area contributed by atoms with Crippen LogP contribution >= 0.6 is 23.2 Å². The molecule has 0 radical (unpaired) electrons. The van der Waals surface area contributed by atoms with Crippen molar-refractivity contribution in [3.05, 3.63) is 74.9 Å². The molecule has 2 atom stereocenters. The average Bonchev–Trinajstić information content (AvgIpc) is 2.93. The molecule has 2 aromatic carbocycles. The number of amides is 4. The highest BCUT2D eigenvalue weighted by molar-refractivity contribution is 6.35. The van der Waals surface area contributed by atoms with Crippen LogP contribution in [0.3, 0.4) is 0 Å². The van der Waals surface area contributed by atoms with Crippen molar-refractivity contribution >= 4 is 46.9 Å². The molecule has 0 saturated carbocycles. The maximum Gasteiger partial charge on any atom is 0.416 e. The molecule has 4 rings (SSSR count). The Kier molecular flexibility index (Phi) is 10.1. The molecule has 1 saturated heterocycles. The van der Waals surface area contributed by atoms with Gasteiger partial charge in [0.15, 0.2) is 0 Å². The van der Waals surface area contributed by atoms with Crippen molar-refractivity contribution in [3.8, 4) is 0 Å². The molecular formula is C29H32Cl2F3N5O4. The first kappa shape index (κ1) is 32.4. The van der Waals surface area contributed by atoms with Gasteiger partial charge in [-0.2, -0.15) is 13.2 Å². The van der Waals surface area contributed by atoms with Gasteiger partial charge >= 0.3 is 24.2 Å². The molecule has 0 aromatic heterocycles. The number of carbonyl (C=O) groups is 3. The number of urea groups is 2. The lowest BCUT2D eigenvalue weighted by Gasteiger charge is -2.42. The SMILES string of the molecule is CCOC(=O)C1=C(CN2CCN(C(=O)Nc3ccc(C(F)(F)F)cc3)[C@H](C)C2)N(CC)C(=O)N[C@@H]1c1ccc(Cl)cc1Cl. The molecule has 0 spiro atoms. The summed E-state index contributed by atoms with van der Waals surface area (Å²) < 4.78 is 44.0. The molecule has 2 aliphatic heterocycles. The van der Waals surface area contributed by atoms with E-state index < -0.39 is 35.8 Å². The fraction of sp³-hybridized carbons (Fsp3) is 0.414. The number of nitrogens with one attached hydrogen (secondary N) is 2. The van der Waals surface area contributed by atoms with Gasteiger partial charge in [0.25, 0.3) is 0 Å². The minimum atomic E-state index is -4.47. The summed E-state index contributed by atoms with van der Waals surface area (Å²) in [5, 5.41) is 6.22. The van der Waals surface area contributed by atoms with Gasteiger partial charge in [0, 0.05) is 60.2 Å². The summed E-state index contributed by atoms with van der Waals surface area (Å²) in [6.07, 6.45) is -4.47. The zero-order valence-electron chi connectivity index (χ0n) is 23.8. The highest BCUT2D eigenvalue weighted by Gasteiger charge is 2.40. The highest BCUT2D eigenvalue weighted by Crippen LogP contribution is 2.36. The lowest BCUT2D eigenvalue weighted by Crippen LogP contribution is -2.57. The lowest BCUT2D eigenvalue weighted by atomic mass is 9.94. The minimum Gasteiger partial charge on any atom is -0.463 e. The van der Waals surface area contributed by atoms with Crippen LogP contribution in [0.25, 0.3) is 0 Å². The Balaban J connectivity index is 1.55. The van der Waals surface area contributed by atoms with Gasteiger partial charge in [-0.05, 0) is 62.7 Å². The molecule has 9 nitrogen and oxygen atoms in total. The van der Waals surface area contributed by atoms with Gasteiger partial charge in [0.1, 0.15) is 0 Å². The first-order valence-electron chi connectivity index (χ1n) is 13.7. The molecule has 43 heavy (non-hydrogen) atoms. The molecule has 4 amide bonds. The van der Waals surface area contributed by atoms with Crippen LogP contribution in [-0.2, 0) is 15.7 Å². The fourth-order valence-electron chi connectivity index (χ4n) is 5.25. The number of rotatable bonds is 7. The number of carbonyl (C=O) groups excluding carboxylic acids is 3. The summed E-state index contributed by atoms with van der Waals surface area (Å²) in [7, 11) is 0. The van der Waals surface area contributed by atoms with E-state index in [1.807, 2.05) is 11.8 Å². The molecule has 0 aliphatic carbocycles. The van der Waals surface area contributed by atoms with E-state index in [2.05, 4.69) is 10.6 Å². The molecule has 0 unspecified atom stereocenters. The summed E-state index contributed by atoms with van der Waals surface area (Å²) in [5.74, 6) is -0.588. The predicted octanol–water partition coefficient (Wildman–Crippen LogP) is 6.15. The van der Waals surface area contributed by atoms with Crippen LogP contribution in [0, 0.1) is 0 Å². The standard InChI is InChI=1S/C29H32Cl2F3N5O4/c1-4-38-23(24(26(40)43-5-2)25(36-28(38)42)21-11-8-19(30)14-22(21)31)16-37-12-13-39(17(3)15-37)27(41)35-20-9-6-18(7-10-20)29(32,33)34/h6-11,14,17,25H,4-5,12-13,15-16H2,1-3H3,(H,35,41)(H,36,42)/t17-,25-/m1/s1. The maximum atomic E-state index is 13.4. The number of alkyl halides is 3. The molecule has 14 heteroatoms. The molecule has 2 heterocycles. The Morgan fingerprint density at radius 2 is 1.79 bits per heavy atom. The molecule has 0 bridgehead atoms. The van der Waals surface area contributed by atoms with Crippen LogP contribution in [0.2, 0.25) is 10.0 Å². The molecule has 2 aliphatic rings. The Bertz CT molecular complexity index is 1400. The monoisotopic (exact) mass is 641 g/mol. The van der Waals surface area contributed by atoms with E-state index >= 15 is 0 Å². The summed E-state index contributed by atoms with van der Waals surface area (Å²) in [5.41, 5.74) is 0.657. The first-order chi connectivity index (χ1) is 20.3. The topological polar surface area (TPSA) is 94.2 Å². The zero-order chi connectivity index (χ0) is 31.5. The van der Waals surface area contributed by atoms with Gasteiger partial charge < -0.3 is 20.3 Å². The Hall–Kier alpha value is -3.48. The quantitative estimate of drug-likeness (QED) is 0.354. The lowest BCUT2D eigenvalue weighted by molar-refractivity contribution is -0.139. The second kappa shape index (κ2) is 13.4. The van der Waals surface area contributed by atoms with Crippen LogP contribution in [0.1, 0.15) is 37.9 Å². The number of anilines is 1. The second-order valence-corrected chi connectivity index (χ2v) is 11.0. The number of hydrogen-bond donors (Lipinski definition) is 2. The van der Waals surface area contributed by atoms with Crippen LogP contribution in [0.15, 0.2) is 53.7 Å². The summed E-state index contributed by atoms with van der Waals surface area (Å²) >= 11 is 12.6. The van der Waals surface area contributed by atoms with Crippen molar-refractivity contribution in [2.24, 2.45) is 0 Å². The number of piperazine rings is 1. The van der Waals surface area contributed by atoms with E-state index in [-0.39, 0.29) is 42.0 Å². The van der Waals surface area contributed by atoms with Crippen LogP contribution in [-0.4, -0.2) is 78.1 Å². The van der Waals surface area contributed by atoms with Gasteiger partial charge in [-0.1, -0.05) is 29.3 Å². The van der Waals surface area contributed by atoms with Crippen molar-refractivity contribution in [3.63, 3.8) is 0 Å². The molecular weight excluding hydrogens is 610 g/mol. The minimum absolute atomic E-state index is 0.126. The molecule has 232 valence electrons. The number of ether oxygens (including phenoxy) is 1. The van der Waals surface area contributed by atoms with E-state index in [1.165, 1.54) is 23.1 Å². The third kappa shape index (κ3) is 7.36. The van der Waals surface area contributed by atoms with Crippen molar-refractivity contribution in [1.82, 2.24) is 20.0 Å². The maximum absolute atomic E-state index is 13.4. The predicted molar refractivity (Wildman–Crippen MR) is 157 cm³/mol. The summed E-state index contributed by atoms with van der Waals surface area (Å²) in [6, 6.07) is 7.06. The van der Waals surface area contributed by atoms with Gasteiger partial charge in [-0.15, -0.1) is 0 Å². The van der Waals surface area contributed by atoms with Crippen molar-refractivity contribution in [2.45, 2.75) is 39.0 Å².